The maximum Gasteiger partial charge on any atom is 0.335 e. The lowest BCUT2D eigenvalue weighted by Crippen LogP contribution is -2.19. The maximum atomic E-state index is 11.3. The van der Waals surface area contributed by atoms with Gasteiger partial charge in [-0.3, -0.25) is 0 Å². The molecule has 0 spiro atoms. The van der Waals surface area contributed by atoms with Crippen LogP contribution in [0.2, 0.25) is 0 Å². The van der Waals surface area contributed by atoms with Crippen LogP contribution in [0.1, 0.15) is 86.7 Å². The van der Waals surface area contributed by atoms with Crippen molar-refractivity contribution in [1.29, 1.82) is 0 Å². The van der Waals surface area contributed by atoms with E-state index in [-0.39, 0.29) is 17.2 Å². The van der Waals surface area contributed by atoms with Crippen LogP contribution in [0.3, 0.4) is 0 Å². The molecule has 0 saturated carbocycles. The zero-order chi connectivity index (χ0) is 17.1. The highest BCUT2D eigenvalue weighted by molar-refractivity contribution is 5.88. The summed E-state index contributed by atoms with van der Waals surface area (Å²) in [7, 11) is 0. The Morgan fingerprint density at radius 2 is 2.04 bits per heavy atom. The van der Waals surface area contributed by atoms with Crippen LogP contribution in [-0.2, 0) is 0 Å². The Bertz CT molecular complexity index is 612. The van der Waals surface area contributed by atoms with Crippen LogP contribution in [0.25, 0.3) is 0 Å². The minimum atomic E-state index is -0.975. The molecule has 1 aromatic carbocycles. The van der Waals surface area contributed by atoms with Crippen molar-refractivity contribution in [3.63, 3.8) is 0 Å². The molecule has 0 unspecified atom stereocenters. The highest BCUT2D eigenvalue weighted by Crippen LogP contribution is 2.47. The Kier molecular flexibility index (Phi) is 5.51. The molecular weight excluding hydrogens is 288 g/mol. The number of phenols is 1. The molecule has 0 bridgehead atoms. The van der Waals surface area contributed by atoms with Gasteiger partial charge in [0.1, 0.15) is 5.75 Å². The molecular formula is C20H28O3. The molecule has 2 rings (SSSR count). The maximum absolute atomic E-state index is 11.3. The number of allylic oxidation sites excluding steroid dienone is 2. The van der Waals surface area contributed by atoms with E-state index in [4.69, 9.17) is 0 Å². The van der Waals surface area contributed by atoms with Gasteiger partial charge in [-0.2, -0.15) is 0 Å². The normalized spacial score (nSPS) is 21.4. The van der Waals surface area contributed by atoms with Crippen LogP contribution < -0.4 is 0 Å². The van der Waals surface area contributed by atoms with E-state index in [9.17, 15) is 15.0 Å². The predicted octanol–water partition coefficient (Wildman–Crippen LogP) is 5.45. The molecule has 3 nitrogen and oxygen atoms in total. The molecule has 0 radical (unpaired) electrons. The molecule has 126 valence electrons. The molecule has 3 heteroatoms. The zero-order valence-corrected chi connectivity index (χ0v) is 14.6. The van der Waals surface area contributed by atoms with E-state index in [1.54, 1.807) is 6.07 Å². The lowest BCUT2D eigenvalue weighted by atomic mass is 9.71. The van der Waals surface area contributed by atoms with Gasteiger partial charge in [0.25, 0.3) is 0 Å². The van der Waals surface area contributed by atoms with Gasteiger partial charge in [-0.1, -0.05) is 25.5 Å². The minimum Gasteiger partial charge on any atom is -0.508 e. The fourth-order valence-corrected chi connectivity index (χ4v) is 3.78. The van der Waals surface area contributed by atoms with Crippen LogP contribution in [-0.4, -0.2) is 16.2 Å². The summed E-state index contributed by atoms with van der Waals surface area (Å²) in [6, 6.07) is 3.18. The number of aromatic carboxylic acids is 1. The topological polar surface area (TPSA) is 57.5 Å². The molecule has 0 aromatic heterocycles. The smallest absolute Gasteiger partial charge is 0.335 e. The van der Waals surface area contributed by atoms with Crippen molar-refractivity contribution >= 4 is 5.97 Å². The number of hydrogen-bond donors (Lipinski definition) is 2. The first-order valence-electron chi connectivity index (χ1n) is 8.54. The summed E-state index contributed by atoms with van der Waals surface area (Å²) in [5, 5.41) is 19.6. The SMILES string of the molecule is CC(C)=CCC[C@H](C)[C@@H]1CC[C@@H](C)c2c(O)cc(C(=O)O)cc21. The first-order chi connectivity index (χ1) is 10.8. The molecule has 0 heterocycles. The van der Waals surface area contributed by atoms with Gasteiger partial charge in [-0.25, -0.2) is 4.79 Å². The van der Waals surface area contributed by atoms with E-state index < -0.39 is 5.97 Å². The second-order valence-electron chi connectivity index (χ2n) is 7.22. The summed E-state index contributed by atoms with van der Waals surface area (Å²) < 4.78 is 0. The number of carboxylic acids is 1. The second-order valence-corrected chi connectivity index (χ2v) is 7.22. The van der Waals surface area contributed by atoms with Crippen LogP contribution in [0.5, 0.6) is 5.75 Å². The van der Waals surface area contributed by atoms with E-state index in [0.717, 1.165) is 36.8 Å². The summed E-state index contributed by atoms with van der Waals surface area (Å²) in [4.78, 5) is 11.3. The summed E-state index contributed by atoms with van der Waals surface area (Å²) in [5.41, 5.74) is 3.53. The van der Waals surface area contributed by atoms with Crippen LogP contribution in [0.15, 0.2) is 23.8 Å². The predicted molar refractivity (Wildman–Crippen MR) is 93.3 cm³/mol. The van der Waals surface area contributed by atoms with Gasteiger partial charge >= 0.3 is 5.97 Å². The Morgan fingerprint density at radius 3 is 2.65 bits per heavy atom. The number of hydrogen-bond acceptors (Lipinski definition) is 2. The average molecular weight is 316 g/mol. The van der Waals surface area contributed by atoms with Crippen molar-refractivity contribution in [3.8, 4) is 5.75 Å². The summed E-state index contributed by atoms with van der Waals surface area (Å²) >= 11 is 0. The first kappa shape index (κ1) is 17.6. The third-order valence-electron chi connectivity index (χ3n) is 5.10. The van der Waals surface area contributed by atoms with E-state index in [0.29, 0.717) is 11.8 Å². The molecule has 1 aliphatic carbocycles. The van der Waals surface area contributed by atoms with E-state index >= 15 is 0 Å². The monoisotopic (exact) mass is 316 g/mol. The number of carbonyl (C=O) groups is 1. The van der Waals surface area contributed by atoms with Gasteiger partial charge in [0.15, 0.2) is 0 Å². The Balaban J connectivity index is 2.33. The number of benzene rings is 1. The Hall–Kier alpha value is -1.77. The standard InChI is InChI=1S/C20H28O3/c1-12(2)6-5-7-13(3)16-9-8-14(4)19-17(16)10-15(20(22)23)11-18(19)21/h6,10-11,13-14,16,21H,5,7-9H2,1-4H3,(H,22,23)/t13-,14+,16-/m0/s1. The molecule has 23 heavy (non-hydrogen) atoms. The molecule has 0 saturated heterocycles. The number of rotatable bonds is 5. The van der Waals surface area contributed by atoms with Gasteiger partial charge in [-0.05, 0) is 75.0 Å². The fourth-order valence-electron chi connectivity index (χ4n) is 3.78. The summed E-state index contributed by atoms with van der Waals surface area (Å²) in [6.07, 6.45) is 6.50. The highest BCUT2D eigenvalue weighted by Gasteiger charge is 2.31. The number of aromatic hydroxyl groups is 1. The lowest BCUT2D eigenvalue weighted by Gasteiger charge is -2.34. The third kappa shape index (κ3) is 3.95. The van der Waals surface area contributed by atoms with Crippen molar-refractivity contribution in [2.24, 2.45) is 5.92 Å². The van der Waals surface area contributed by atoms with Gasteiger partial charge in [0.05, 0.1) is 5.56 Å². The average Bonchev–Trinajstić information content (AvgIpc) is 2.46. The summed E-state index contributed by atoms with van der Waals surface area (Å²) in [6.45, 7) is 8.58. The second kappa shape index (κ2) is 7.20. The molecule has 0 aliphatic heterocycles. The number of phenolic OH excluding ortho intramolecular Hbond substituents is 1. The third-order valence-corrected chi connectivity index (χ3v) is 5.10. The van der Waals surface area contributed by atoms with E-state index in [2.05, 4.69) is 33.8 Å². The Labute approximate surface area is 139 Å². The minimum absolute atomic E-state index is 0.147. The van der Waals surface area contributed by atoms with Gasteiger partial charge in [0.2, 0.25) is 0 Å². The van der Waals surface area contributed by atoms with E-state index in [1.165, 1.54) is 11.6 Å². The van der Waals surface area contributed by atoms with Crippen LogP contribution in [0, 0.1) is 5.92 Å². The van der Waals surface area contributed by atoms with Crippen LogP contribution >= 0.6 is 0 Å². The van der Waals surface area contributed by atoms with Crippen molar-refractivity contribution in [2.45, 2.75) is 65.2 Å². The zero-order valence-electron chi connectivity index (χ0n) is 14.6. The van der Waals surface area contributed by atoms with Gasteiger partial charge < -0.3 is 10.2 Å². The molecule has 3 atom stereocenters. The molecule has 0 fully saturated rings. The first-order valence-corrected chi connectivity index (χ1v) is 8.54. The highest BCUT2D eigenvalue weighted by atomic mass is 16.4. The molecule has 1 aliphatic rings. The van der Waals surface area contributed by atoms with Crippen molar-refractivity contribution in [3.05, 3.63) is 40.5 Å². The van der Waals surface area contributed by atoms with Gasteiger partial charge in [0, 0.05) is 5.56 Å². The van der Waals surface area contributed by atoms with E-state index in [1.807, 2.05) is 0 Å². The number of fused-ring (bicyclic) bond motifs is 1. The summed E-state index contributed by atoms with van der Waals surface area (Å²) in [5.74, 6) is 0.261. The van der Waals surface area contributed by atoms with Crippen molar-refractivity contribution in [1.82, 2.24) is 0 Å². The van der Waals surface area contributed by atoms with Gasteiger partial charge in [-0.15, -0.1) is 0 Å². The van der Waals surface area contributed by atoms with Crippen molar-refractivity contribution < 1.29 is 15.0 Å². The molecule has 0 amide bonds. The fraction of sp³-hybridized carbons (Fsp3) is 0.550. The quantitative estimate of drug-likeness (QED) is 0.710. The van der Waals surface area contributed by atoms with Crippen molar-refractivity contribution in [2.75, 3.05) is 0 Å². The molecule has 2 N–H and O–H groups in total. The largest absolute Gasteiger partial charge is 0.508 e. The lowest BCUT2D eigenvalue weighted by molar-refractivity contribution is 0.0696. The number of carboxylic acid groups (broad SMARTS) is 1. The van der Waals surface area contributed by atoms with Crippen LogP contribution in [0.4, 0.5) is 0 Å². The molecule has 1 aromatic rings. The Morgan fingerprint density at radius 1 is 1.35 bits per heavy atom.